The third-order valence-electron chi connectivity index (χ3n) is 4.14. The Morgan fingerprint density at radius 2 is 1.73 bits per heavy atom. The number of nitrogens with two attached hydrogens (primary N) is 1. The second-order valence-corrected chi connectivity index (χ2v) is 8.55. The third kappa shape index (κ3) is 6.25. The topological polar surface area (TPSA) is 63.4 Å². The number of rotatable bonds is 9. The second kappa shape index (κ2) is 10.9. The molecule has 0 aliphatic carbocycles. The normalized spacial score (nSPS) is 11.4. The van der Waals surface area contributed by atoms with Gasteiger partial charge in [-0.1, -0.05) is 61.0 Å². The summed E-state index contributed by atoms with van der Waals surface area (Å²) >= 11 is 6.20. The highest BCUT2D eigenvalue weighted by atomic mass is 35.5. The van der Waals surface area contributed by atoms with E-state index in [1.54, 1.807) is 19.1 Å². The largest absolute Gasteiger partial charge is 0.329 e. The molecular formula is C19H26Cl2N2O2S. The molecule has 0 fully saturated rings. The molecular weight excluding hydrogens is 391 g/mol. The molecule has 0 unspecified atom stereocenters. The number of sulfone groups is 1. The molecule has 2 aromatic carbocycles. The fourth-order valence-electron chi connectivity index (χ4n) is 2.80. The van der Waals surface area contributed by atoms with Gasteiger partial charge in [-0.05, 0) is 23.6 Å². The van der Waals surface area contributed by atoms with Crippen molar-refractivity contribution in [3.05, 3.63) is 64.7 Å². The molecule has 0 aromatic heterocycles. The molecule has 0 aliphatic heterocycles. The van der Waals surface area contributed by atoms with Gasteiger partial charge >= 0.3 is 0 Å². The molecule has 0 atom stereocenters. The maximum Gasteiger partial charge on any atom is 0.179 e. The quantitative estimate of drug-likeness (QED) is 0.678. The minimum Gasteiger partial charge on any atom is -0.329 e. The maximum absolute atomic E-state index is 12.4. The average molecular weight is 417 g/mol. The van der Waals surface area contributed by atoms with Crippen LogP contribution >= 0.6 is 24.0 Å². The summed E-state index contributed by atoms with van der Waals surface area (Å²) < 4.78 is 24.9. The lowest BCUT2D eigenvalue weighted by atomic mass is 10.1. The van der Waals surface area contributed by atoms with E-state index in [0.29, 0.717) is 19.6 Å². The van der Waals surface area contributed by atoms with E-state index in [9.17, 15) is 8.42 Å². The van der Waals surface area contributed by atoms with Gasteiger partial charge in [0.05, 0.1) is 15.7 Å². The highest BCUT2D eigenvalue weighted by Gasteiger charge is 2.21. The van der Waals surface area contributed by atoms with E-state index in [0.717, 1.165) is 18.5 Å². The van der Waals surface area contributed by atoms with E-state index < -0.39 is 9.84 Å². The van der Waals surface area contributed by atoms with Crippen LogP contribution in [0.15, 0.2) is 53.4 Å². The summed E-state index contributed by atoms with van der Waals surface area (Å²) in [5.74, 6) is 0.0324. The monoisotopic (exact) mass is 416 g/mol. The fraction of sp³-hybridized carbons (Fsp3) is 0.368. The summed E-state index contributed by atoms with van der Waals surface area (Å²) in [5, 5.41) is 0.287. The van der Waals surface area contributed by atoms with E-state index in [2.05, 4.69) is 17.0 Å². The summed E-state index contributed by atoms with van der Waals surface area (Å²) in [7, 11) is -3.38. The Hall–Kier alpha value is -1.11. The van der Waals surface area contributed by atoms with Crippen LogP contribution in [0.2, 0.25) is 5.02 Å². The molecule has 0 heterocycles. The summed E-state index contributed by atoms with van der Waals surface area (Å²) in [6.07, 6.45) is 0.886. The van der Waals surface area contributed by atoms with Crippen molar-refractivity contribution in [2.45, 2.75) is 24.8 Å². The smallest absolute Gasteiger partial charge is 0.179 e. The van der Waals surface area contributed by atoms with E-state index in [-0.39, 0.29) is 28.1 Å². The first-order valence-corrected chi connectivity index (χ1v) is 10.5. The van der Waals surface area contributed by atoms with Crippen molar-refractivity contribution in [3.8, 4) is 0 Å². The van der Waals surface area contributed by atoms with Gasteiger partial charge in [-0.2, -0.15) is 0 Å². The van der Waals surface area contributed by atoms with Crippen LogP contribution in [0.25, 0.3) is 0 Å². The van der Waals surface area contributed by atoms with Crippen LogP contribution in [-0.2, 0) is 22.8 Å². The standard InChI is InChI=1S/C19H25ClN2O2S.ClH/c1-2-25(23,24)19-17(9-6-10-18(19)20)15-22(14-12-21)13-11-16-7-4-3-5-8-16;/h3-10H,2,11-15,21H2,1H3;1H. The Bertz CT molecular complexity index is 783. The Balaban J connectivity index is 0.00000338. The molecule has 0 spiro atoms. The Labute approximate surface area is 167 Å². The number of hydrogen-bond donors (Lipinski definition) is 1. The molecule has 2 aromatic rings. The van der Waals surface area contributed by atoms with Crippen molar-refractivity contribution in [1.82, 2.24) is 4.90 Å². The zero-order chi connectivity index (χ0) is 18.3. The minimum absolute atomic E-state index is 0. The summed E-state index contributed by atoms with van der Waals surface area (Å²) in [6, 6.07) is 15.5. The van der Waals surface area contributed by atoms with Gasteiger partial charge < -0.3 is 5.73 Å². The molecule has 0 saturated carbocycles. The highest BCUT2D eigenvalue weighted by Crippen LogP contribution is 2.27. The third-order valence-corrected chi connectivity index (χ3v) is 6.43. The molecule has 0 amide bonds. The van der Waals surface area contributed by atoms with E-state index in [1.807, 2.05) is 24.3 Å². The first-order valence-electron chi connectivity index (χ1n) is 8.44. The van der Waals surface area contributed by atoms with Crippen molar-refractivity contribution >= 4 is 33.8 Å². The van der Waals surface area contributed by atoms with Crippen LogP contribution < -0.4 is 5.73 Å². The Kier molecular flexibility index (Phi) is 9.61. The zero-order valence-corrected chi connectivity index (χ0v) is 17.3. The number of nitrogens with zero attached hydrogens (tertiary/aromatic N) is 1. The van der Waals surface area contributed by atoms with Crippen LogP contribution in [-0.4, -0.2) is 38.7 Å². The average Bonchev–Trinajstić information content (AvgIpc) is 2.60. The van der Waals surface area contributed by atoms with Crippen molar-refractivity contribution in [2.24, 2.45) is 5.73 Å². The van der Waals surface area contributed by atoms with Gasteiger partial charge in [-0.25, -0.2) is 8.42 Å². The molecule has 0 saturated heterocycles. The molecule has 2 N–H and O–H groups in total. The van der Waals surface area contributed by atoms with Gasteiger partial charge in [-0.15, -0.1) is 12.4 Å². The van der Waals surface area contributed by atoms with Crippen LogP contribution in [0, 0.1) is 0 Å². The van der Waals surface area contributed by atoms with Crippen molar-refractivity contribution in [3.63, 3.8) is 0 Å². The number of hydrogen-bond acceptors (Lipinski definition) is 4. The molecule has 0 radical (unpaired) electrons. The Morgan fingerprint density at radius 3 is 2.35 bits per heavy atom. The van der Waals surface area contributed by atoms with Crippen LogP contribution in [0.5, 0.6) is 0 Å². The molecule has 26 heavy (non-hydrogen) atoms. The van der Waals surface area contributed by atoms with Gasteiger partial charge in [-0.3, -0.25) is 4.90 Å². The number of benzene rings is 2. The second-order valence-electron chi connectivity index (χ2n) is 5.93. The van der Waals surface area contributed by atoms with Gasteiger partial charge in [0.1, 0.15) is 0 Å². The lowest BCUT2D eigenvalue weighted by molar-refractivity contribution is 0.274. The van der Waals surface area contributed by atoms with E-state index in [1.165, 1.54) is 5.56 Å². The predicted molar refractivity (Wildman–Crippen MR) is 111 cm³/mol. The molecule has 4 nitrogen and oxygen atoms in total. The molecule has 2 rings (SSSR count). The zero-order valence-electron chi connectivity index (χ0n) is 14.9. The lowest BCUT2D eigenvalue weighted by Crippen LogP contribution is -2.31. The van der Waals surface area contributed by atoms with E-state index >= 15 is 0 Å². The van der Waals surface area contributed by atoms with Gasteiger partial charge in [0.2, 0.25) is 0 Å². The summed E-state index contributed by atoms with van der Waals surface area (Å²) in [4.78, 5) is 2.42. The fourth-order valence-corrected chi connectivity index (χ4v) is 4.53. The lowest BCUT2D eigenvalue weighted by Gasteiger charge is -2.23. The van der Waals surface area contributed by atoms with Crippen LogP contribution in [0.3, 0.4) is 0 Å². The first-order chi connectivity index (χ1) is 12.0. The van der Waals surface area contributed by atoms with Gasteiger partial charge in [0, 0.05) is 26.2 Å². The van der Waals surface area contributed by atoms with Crippen molar-refractivity contribution in [1.29, 1.82) is 0 Å². The Morgan fingerprint density at radius 1 is 1.04 bits per heavy atom. The van der Waals surface area contributed by atoms with Gasteiger partial charge in [0.25, 0.3) is 0 Å². The molecule has 0 aliphatic rings. The van der Waals surface area contributed by atoms with E-state index in [4.69, 9.17) is 17.3 Å². The van der Waals surface area contributed by atoms with Gasteiger partial charge in [0.15, 0.2) is 9.84 Å². The SMILES string of the molecule is CCS(=O)(=O)c1c(Cl)cccc1CN(CCN)CCc1ccccc1.Cl. The van der Waals surface area contributed by atoms with Crippen molar-refractivity contribution < 1.29 is 8.42 Å². The predicted octanol–water partition coefficient (Wildman–Crippen LogP) is 3.56. The van der Waals surface area contributed by atoms with Crippen molar-refractivity contribution in [2.75, 3.05) is 25.4 Å². The van der Waals surface area contributed by atoms with Crippen LogP contribution in [0.4, 0.5) is 0 Å². The number of halogens is 2. The molecule has 144 valence electrons. The summed E-state index contributed by atoms with van der Waals surface area (Å²) in [5.41, 5.74) is 7.73. The minimum atomic E-state index is -3.38. The summed E-state index contributed by atoms with van der Waals surface area (Å²) in [6.45, 7) is 4.17. The highest BCUT2D eigenvalue weighted by molar-refractivity contribution is 7.91. The molecule has 0 bridgehead atoms. The maximum atomic E-state index is 12.4. The van der Waals surface area contributed by atoms with Crippen LogP contribution in [0.1, 0.15) is 18.1 Å². The molecule has 7 heteroatoms. The first kappa shape index (κ1) is 22.9.